The number of unbranched alkanes of at least 4 members (excludes halogenated alkanes) is 1. The first kappa shape index (κ1) is 11.6. The highest BCUT2D eigenvalue weighted by Gasteiger charge is 2.09. The van der Waals surface area contributed by atoms with Crippen molar-refractivity contribution in [3.05, 3.63) is 34.3 Å². The van der Waals surface area contributed by atoms with Crippen LogP contribution >= 0.6 is 27.5 Å². The van der Waals surface area contributed by atoms with Crippen LogP contribution in [-0.2, 0) is 6.54 Å². The average Bonchev–Trinajstić information content (AvgIpc) is 2.68. The molecule has 1 heterocycles. The van der Waals surface area contributed by atoms with Gasteiger partial charge in [-0.15, -0.1) is 11.7 Å². The van der Waals surface area contributed by atoms with E-state index in [9.17, 15) is 0 Å². The molecule has 5 heteroatoms. The molecule has 0 amide bonds. The number of aryl methyl sites for hydroxylation is 1. The molecule has 0 spiro atoms. The molecule has 3 nitrogen and oxygen atoms in total. The molecule has 84 valence electrons. The first-order valence-electron chi connectivity index (χ1n) is 5.02. The van der Waals surface area contributed by atoms with Gasteiger partial charge in [0.2, 0.25) is 0 Å². The van der Waals surface area contributed by atoms with Crippen LogP contribution in [0.4, 0.5) is 0 Å². The van der Waals surface area contributed by atoms with Gasteiger partial charge < -0.3 is 0 Å². The Morgan fingerprint density at radius 2 is 2.31 bits per heavy atom. The molecule has 0 unspecified atom stereocenters. The van der Waals surface area contributed by atoms with Gasteiger partial charge in [0.05, 0.1) is 10.5 Å². The van der Waals surface area contributed by atoms with Crippen LogP contribution in [-0.4, -0.2) is 15.0 Å². The van der Waals surface area contributed by atoms with Crippen molar-refractivity contribution < 1.29 is 0 Å². The molecule has 0 saturated carbocycles. The van der Waals surface area contributed by atoms with Crippen molar-refractivity contribution in [3.63, 3.8) is 0 Å². The van der Waals surface area contributed by atoms with E-state index in [1.54, 1.807) is 0 Å². The van der Waals surface area contributed by atoms with Gasteiger partial charge >= 0.3 is 0 Å². The van der Waals surface area contributed by atoms with Crippen molar-refractivity contribution in [2.75, 3.05) is 0 Å². The molecular formula is C11H11BrClN3. The fourth-order valence-electron chi connectivity index (χ4n) is 1.53. The number of benzene rings is 1. The van der Waals surface area contributed by atoms with Crippen LogP contribution in [0.3, 0.4) is 0 Å². The molecule has 0 atom stereocenters. The van der Waals surface area contributed by atoms with Crippen molar-refractivity contribution in [2.45, 2.75) is 19.4 Å². The third-order valence-electron chi connectivity index (χ3n) is 2.36. The second-order valence-electron chi connectivity index (χ2n) is 3.47. The molecule has 2 aromatic rings. The van der Waals surface area contributed by atoms with Gasteiger partial charge in [0.15, 0.2) is 0 Å². The standard InChI is InChI=1S/C11H11BrClN3/c1-2-3-4-7-16-9-6-5-8(12)10(13)11(9)14-15-16/h2,5-6H,1,3-4,7H2. The van der Waals surface area contributed by atoms with Crippen molar-refractivity contribution in [1.82, 2.24) is 15.0 Å². The highest BCUT2D eigenvalue weighted by molar-refractivity contribution is 9.10. The van der Waals surface area contributed by atoms with Gasteiger partial charge in [-0.2, -0.15) is 0 Å². The summed E-state index contributed by atoms with van der Waals surface area (Å²) in [6.45, 7) is 4.53. The second-order valence-corrected chi connectivity index (χ2v) is 4.70. The third-order valence-corrected chi connectivity index (χ3v) is 3.63. The Balaban J connectivity index is 2.34. The van der Waals surface area contributed by atoms with Crippen molar-refractivity contribution in [2.24, 2.45) is 0 Å². The van der Waals surface area contributed by atoms with Crippen LogP contribution in [0, 0.1) is 0 Å². The first-order valence-corrected chi connectivity index (χ1v) is 6.19. The molecule has 1 aromatic heterocycles. The highest BCUT2D eigenvalue weighted by atomic mass is 79.9. The lowest BCUT2D eigenvalue weighted by Crippen LogP contribution is -1.99. The van der Waals surface area contributed by atoms with Gasteiger partial charge in [0, 0.05) is 11.0 Å². The van der Waals surface area contributed by atoms with Crippen LogP contribution in [0.25, 0.3) is 11.0 Å². The summed E-state index contributed by atoms with van der Waals surface area (Å²) in [6, 6.07) is 3.89. The SMILES string of the molecule is C=CCCCn1nnc2c(Cl)c(Br)ccc21. The Morgan fingerprint density at radius 1 is 1.50 bits per heavy atom. The number of halogens is 2. The molecule has 0 bridgehead atoms. The Morgan fingerprint density at radius 3 is 3.06 bits per heavy atom. The van der Waals surface area contributed by atoms with Crippen molar-refractivity contribution in [3.8, 4) is 0 Å². The van der Waals surface area contributed by atoms with E-state index < -0.39 is 0 Å². The fraction of sp³-hybridized carbons (Fsp3) is 0.273. The summed E-state index contributed by atoms with van der Waals surface area (Å²) in [4.78, 5) is 0. The zero-order valence-electron chi connectivity index (χ0n) is 8.66. The highest BCUT2D eigenvalue weighted by Crippen LogP contribution is 2.29. The molecular weight excluding hydrogens is 289 g/mol. The van der Waals surface area contributed by atoms with E-state index in [1.165, 1.54) is 0 Å². The fourth-order valence-corrected chi connectivity index (χ4v) is 2.05. The average molecular weight is 301 g/mol. The summed E-state index contributed by atoms with van der Waals surface area (Å²) in [5, 5.41) is 8.80. The molecule has 16 heavy (non-hydrogen) atoms. The number of allylic oxidation sites excluding steroid dienone is 1. The van der Waals surface area contributed by atoms with Crippen LogP contribution in [0.2, 0.25) is 5.02 Å². The Hall–Kier alpha value is -0.870. The largest absolute Gasteiger partial charge is 0.245 e. The summed E-state index contributed by atoms with van der Waals surface area (Å²) in [6.07, 6.45) is 3.89. The zero-order valence-corrected chi connectivity index (χ0v) is 11.0. The second kappa shape index (κ2) is 4.97. The van der Waals surface area contributed by atoms with Gasteiger partial charge in [-0.25, -0.2) is 4.68 Å². The Kier molecular flexibility index (Phi) is 3.61. The number of hydrogen-bond acceptors (Lipinski definition) is 2. The van der Waals surface area contributed by atoms with E-state index in [2.05, 4.69) is 32.8 Å². The molecule has 0 N–H and O–H groups in total. The van der Waals surface area contributed by atoms with Crippen molar-refractivity contribution >= 4 is 38.6 Å². The molecule has 0 fully saturated rings. The zero-order chi connectivity index (χ0) is 11.5. The van der Waals surface area contributed by atoms with Crippen LogP contribution in [0.1, 0.15) is 12.8 Å². The monoisotopic (exact) mass is 299 g/mol. The summed E-state index contributed by atoms with van der Waals surface area (Å²) in [5.74, 6) is 0. The first-order chi connectivity index (χ1) is 7.74. The third kappa shape index (κ3) is 2.13. The van der Waals surface area contributed by atoms with Gasteiger partial charge in [-0.1, -0.05) is 22.9 Å². The van der Waals surface area contributed by atoms with E-state index in [0.29, 0.717) is 5.02 Å². The van der Waals surface area contributed by atoms with E-state index in [4.69, 9.17) is 11.6 Å². The molecule has 2 rings (SSSR count). The summed E-state index contributed by atoms with van der Waals surface area (Å²) >= 11 is 9.49. The van der Waals surface area contributed by atoms with E-state index in [1.807, 2.05) is 22.9 Å². The van der Waals surface area contributed by atoms with Gasteiger partial charge in [0.1, 0.15) is 5.52 Å². The number of hydrogen-bond donors (Lipinski definition) is 0. The summed E-state index contributed by atoms with van der Waals surface area (Å²) < 4.78 is 2.72. The minimum absolute atomic E-state index is 0.618. The minimum Gasteiger partial charge on any atom is -0.245 e. The maximum absolute atomic E-state index is 6.12. The topological polar surface area (TPSA) is 30.7 Å². The number of fused-ring (bicyclic) bond motifs is 1. The minimum atomic E-state index is 0.618. The predicted octanol–water partition coefficient (Wildman–Crippen LogP) is 3.81. The molecule has 0 saturated heterocycles. The molecule has 1 aromatic carbocycles. The molecule has 0 aliphatic heterocycles. The quantitative estimate of drug-likeness (QED) is 0.635. The van der Waals surface area contributed by atoms with Gasteiger partial charge in [0.25, 0.3) is 0 Å². The Bertz CT molecular complexity index is 521. The number of nitrogens with zero attached hydrogens (tertiary/aromatic N) is 3. The van der Waals surface area contributed by atoms with E-state index in [0.717, 1.165) is 34.9 Å². The molecule has 0 aliphatic rings. The maximum Gasteiger partial charge on any atom is 0.132 e. The van der Waals surface area contributed by atoms with Crippen LogP contribution < -0.4 is 0 Å². The molecule has 0 aliphatic carbocycles. The lowest BCUT2D eigenvalue weighted by Gasteiger charge is -2.01. The predicted molar refractivity (Wildman–Crippen MR) is 69.7 cm³/mol. The number of aromatic nitrogens is 3. The maximum atomic E-state index is 6.12. The summed E-state index contributed by atoms with van der Waals surface area (Å²) in [7, 11) is 0. The lowest BCUT2D eigenvalue weighted by molar-refractivity contribution is 0.578. The Labute approximate surface area is 107 Å². The molecule has 0 radical (unpaired) electrons. The normalized spacial score (nSPS) is 10.9. The lowest BCUT2D eigenvalue weighted by atomic mass is 10.3. The van der Waals surface area contributed by atoms with Crippen molar-refractivity contribution in [1.29, 1.82) is 0 Å². The van der Waals surface area contributed by atoms with Gasteiger partial charge in [-0.3, -0.25) is 0 Å². The van der Waals surface area contributed by atoms with Crippen LogP contribution in [0.15, 0.2) is 29.3 Å². The van der Waals surface area contributed by atoms with E-state index in [-0.39, 0.29) is 0 Å². The number of rotatable bonds is 4. The van der Waals surface area contributed by atoms with Crippen LogP contribution in [0.5, 0.6) is 0 Å². The van der Waals surface area contributed by atoms with E-state index >= 15 is 0 Å². The van der Waals surface area contributed by atoms with Gasteiger partial charge in [-0.05, 0) is 40.9 Å². The summed E-state index contributed by atoms with van der Waals surface area (Å²) in [5.41, 5.74) is 1.71. The smallest absolute Gasteiger partial charge is 0.132 e.